The molecule has 0 aliphatic rings. The van der Waals surface area contributed by atoms with E-state index in [0.29, 0.717) is 28.6 Å². The summed E-state index contributed by atoms with van der Waals surface area (Å²) < 4.78 is 25.7. The van der Waals surface area contributed by atoms with Gasteiger partial charge in [0.25, 0.3) is 0 Å². The fourth-order valence-electron chi connectivity index (χ4n) is 1.70. The van der Waals surface area contributed by atoms with E-state index in [9.17, 15) is 4.79 Å². The SMILES string of the molecule is COC(=O)/C=C/c1c(OC)cc(OC)c(OC)c1OC. The first kappa shape index (κ1) is 15.7. The van der Waals surface area contributed by atoms with Gasteiger partial charge in [-0.3, -0.25) is 0 Å². The van der Waals surface area contributed by atoms with Gasteiger partial charge in [-0.25, -0.2) is 4.79 Å². The Morgan fingerprint density at radius 1 is 0.900 bits per heavy atom. The van der Waals surface area contributed by atoms with E-state index in [0.717, 1.165) is 0 Å². The molecule has 0 fully saturated rings. The number of carbonyl (C=O) groups excluding carboxylic acids is 1. The molecule has 0 aromatic heterocycles. The maximum Gasteiger partial charge on any atom is 0.330 e. The molecule has 0 N–H and O–H groups in total. The van der Waals surface area contributed by atoms with Crippen molar-refractivity contribution in [3.8, 4) is 23.0 Å². The third kappa shape index (κ3) is 3.14. The third-order valence-corrected chi connectivity index (χ3v) is 2.64. The second-order valence-corrected chi connectivity index (χ2v) is 3.62. The Labute approximate surface area is 117 Å². The van der Waals surface area contributed by atoms with Gasteiger partial charge in [-0.15, -0.1) is 0 Å². The van der Waals surface area contributed by atoms with Crippen LogP contribution in [-0.2, 0) is 9.53 Å². The number of esters is 1. The predicted molar refractivity (Wildman–Crippen MR) is 73.7 cm³/mol. The molecule has 0 spiro atoms. The Balaban J connectivity index is 3.46. The van der Waals surface area contributed by atoms with Crippen LogP contribution in [0.3, 0.4) is 0 Å². The standard InChI is InChI=1S/C14H18O6/c1-16-10-8-11(17-2)14(20-5)13(19-4)9(10)6-7-12(15)18-3/h6-8H,1-5H3/b7-6+. The molecule has 0 unspecified atom stereocenters. The average Bonchev–Trinajstić information content (AvgIpc) is 2.50. The maximum atomic E-state index is 11.2. The summed E-state index contributed by atoms with van der Waals surface area (Å²) in [5.74, 6) is 1.30. The molecule has 0 aliphatic carbocycles. The minimum atomic E-state index is -0.483. The highest BCUT2D eigenvalue weighted by molar-refractivity contribution is 5.89. The summed E-state index contributed by atoms with van der Waals surface area (Å²) in [6.07, 6.45) is 2.80. The third-order valence-electron chi connectivity index (χ3n) is 2.64. The van der Waals surface area contributed by atoms with Crippen LogP contribution in [-0.4, -0.2) is 41.5 Å². The zero-order valence-corrected chi connectivity index (χ0v) is 12.2. The Morgan fingerprint density at radius 3 is 1.95 bits per heavy atom. The predicted octanol–water partition coefficient (Wildman–Crippen LogP) is 1.91. The van der Waals surface area contributed by atoms with Crippen LogP contribution >= 0.6 is 0 Å². The number of hydrogen-bond donors (Lipinski definition) is 0. The van der Waals surface area contributed by atoms with Gasteiger partial charge < -0.3 is 23.7 Å². The zero-order chi connectivity index (χ0) is 15.1. The molecule has 110 valence electrons. The van der Waals surface area contributed by atoms with Crippen molar-refractivity contribution in [3.63, 3.8) is 0 Å². The van der Waals surface area contributed by atoms with Crippen LogP contribution in [0.25, 0.3) is 6.08 Å². The smallest absolute Gasteiger partial charge is 0.330 e. The first-order chi connectivity index (χ1) is 9.62. The maximum absolute atomic E-state index is 11.2. The van der Waals surface area contributed by atoms with Crippen molar-refractivity contribution >= 4 is 12.0 Å². The number of methoxy groups -OCH3 is 5. The Morgan fingerprint density at radius 2 is 1.50 bits per heavy atom. The highest BCUT2D eigenvalue weighted by Gasteiger charge is 2.19. The van der Waals surface area contributed by atoms with Crippen molar-refractivity contribution in [3.05, 3.63) is 17.7 Å². The van der Waals surface area contributed by atoms with Crippen molar-refractivity contribution in [2.75, 3.05) is 35.5 Å². The number of ether oxygens (including phenoxy) is 5. The van der Waals surface area contributed by atoms with Gasteiger partial charge in [-0.2, -0.15) is 0 Å². The lowest BCUT2D eigenvalue weighted by molar-refractivity contribution is -0.134. The molecule has 0 heterocycles. The van der Waals surface area contributed by atoms with Crippen LogP contribution in [0.1, 0.15) is 5.56 Å². The monoisotopic (exact) mass is 282 g/mol. The molecule has 20 heavy (non-hydrogen) atoms. The second-order valence-electron chi connectivity index (χ2n) is 3.62. The molecule has 0 atom stereocenters. The lowest BCUT2D eigenvalue weighted by Crippen LogP contribution is -2.00. The molecule has 0 bridgehead atoms. The lowest BCUT2D eigenvalue weighted by atomic mass is 10.1. The van der Waals surface area contributed by atoms with E-state index < -0.39 is 5.97 Å². The van der Waals surface area contributed by atoms with Gasteiger partial charge in [-0.05, 0) is 6.08 Å². The van der Waals surface area contributed by atoms with Crippen molar-refractivity contribution in [2.45, 2.75) is 0 Å². The van der Waals surface area contributed by atoms with Crippen LogP contribution in [0.2, 0.25) is 0 Å². The minimum absolute atomic E-state index is 0.406. The summed E-state index contributed by atoms with van der Waals surface area (Å²) in [6, 6.07) is 1.65. The Hall–Kier alpha value is -2.37. The molecular formula is C14H18O6. The fourth-order valence-corrected chi connectivity index (χ4v) is 1.70. The van der Waals surface area contributed by atoms with Gasteiger partial charge >= 0.3 is 5.97 Å². The Kier molecular flexibility index (Phi) is 5.71. The quantitative estimate of drug-likeness (QED) is 0.586. The van der Waals surface area contributed by atoms with Crippen LogP contribution in [0, 0.1) is 0 Å². The summed E-state index contributed by atoms with van der Waals surface area (Å²) in [6.45, 7) is 0. The zero-order valence-electron chi connectivity index (χ0n) is 12.2. The van der Waals surface area contributed by atoms with Gasteiger partial charge in [-0.1, -0.05) is 0 Å². The van der Waals surface area contributed by atoms with Crippen molar-refractivity contribution in [1.82, 2.24) is 0 Å². The molecule has 0 amide bonds. The highest BCUT2D eigenvalue weighted by atomic mass is 16.5. The number of hydrogen-bond acceptors (Lipinski definition) is 6. The van der Waals surface area contributed by atoms with E-state index in [2.05, 4.69) is 4.74 Å². The van der Waals surface area contributed by atoms with Gasteiger partial charge in [0.2, 0.25) is 5.75 Å². The number of carbonyl (C=O) groups is 1. The molecule has 0 saturated heterocycles. The molecule has 1 rings (SSSR count). The van der Waals surface area contributed by atoms with E-state index in [1.807, 2.05) is 0 Å². The van der Waals surface area contributed by atoms with E-state index in [4.69, 9.17) is 18.9 Å². The first-order valence-electron chi connectivity index (χ1n) is 5.75. The van der Waals surface area contributed by atoms with Gasteiger partial charge in [0.1, 0.15) is 5.75 Å². The van der Waals surface area contributed by atoms with Crippen molar-refractivity contribution in [2.24, 2.45) is 0 Å². The van der Waals surface area contributed by atoms with Gasteiger partial charge in [0.15, 0.2) is 11.5 Å². The molecule has 1 aromatic rings. The van der Waals surface area contributed by atoms with E-state index >= 15 is 0 Å². The van der Waals surface area contributed by atoms with Gasteiger partial charge in [0.05, 0.1) is 41.1 Å². The molecule has 6 nitrogen and oxygen atoms in total. The first-order valence-corrected chi connectivity index (χ1v) is 5.75. The second kappa shape index (κ2) is 7.28. The Bertz CT molecular complexity index is 507. The topological polar surface area (TPSA) is 63.2 Å². The number of benzene rings is 1. The molecular weight excluding hydrogens is 264 g/mol. The lowest BCUT2D eigenvalue weighted by Gasteiger charge is -2.17. The summed E-state index contributed by atoms with van der Waals surface area (Å²) in [4.78, 5) is 11.2. The summed E-state index contributed by atoms with van der Waals surface area (Å²) in [5.41, 5.74) is 0.554. The molecule has 0 saturated carbocycles. The van der Waals surface area contributed by atoms with E-state index in [1.54, 1.807) is 6.07 Å². The number of rotatable bonds is 6. The van der Waals surface area contributed by atoms with Crippen molar-refractivity contribution < 1.29 is 28.5 Å². The minimum Gasteiger partial charge on any atom is -0.496 e. The summed E-state index contributed by atoms with van der Waals surface area (Å²) >= 11 is 0. The van der Waals surface area contributed by atoms with Crippen LogP contribution in [0.5, 0.6) is 23.0 Å². The van der Waals surface area contributed by atoms with Crippen LogP contribution < -0.4 is 18.9 Å². The fraction of sp³-hybridized carbons (Fsp3) is 0.357. The van der Waals surface area contributed by atoms with Gasteiger partial charge in [0, 0.05) is 12.1 Å². The molecule has 1 aromatic carbocycles. The molecule has 0 radical (unpaired) electrons. The molecule has 6 heteroatoms. The van der Waals surface area contributed by atoms with Crippen LogP contribution in [0.4, 0.5) is 0 Å². The van der Waals surface area contributed by atoms with Crippen molar-refractivity contribution in [1.29, 1.82) is 0 Å². The normalized spacial score (nSPS) is 10.2. The average molecular weight is 282 g/mol. The highest BCUT2D eigenvalue weighted by Crippen LogP contribution is 2.45. The summed E-state index contributed by atoms with van der Waals surface area (Å²) in [7, 11) is 7.32. The summed E-state index contributed by atoms with van der Waals surface area (Å²) in [5, 5.41) is 0. The molecule has 0 aliphatic heterocycles. The van der Waals surface area contributed by atoms with E-state index in [1.165, 1.54) is 47.7 Å². The van der Waals surface area contributed by atoms with E-state index in [-0.39, 0.29) is 0 Å². The van der Waals surface area contributed by atoms with Crippen LogP contribution in [0.15, 0.2) is 12.1 Å². The largest absolute Gasteiger partial charge is 0.496 e.